The molecule has 2 aromatic carbocycles. The van der Waals surface area contributed by atoms with Gasteiger partial charge in [-0.15, -0.1) is 6.42 Å². The van der Waals surface area contributed by atoms with Crippen molar-refractivity contribution in [3.8, 4) is 24.2 Å². The molecule has 1 heterocycles. The molecule has 0 spiro atoms. The second kappa shape index (κ2) is 11.0. The summed E-state index contributed by atoms with van der Waals surface area (Å²) in [6.45, 7) is 3.10. The first-order valence-corrected chi connectivity index (χ1v) is 10.7. The summed E-state index contributed by atoms with van der Waals surface area (Å²) in [4.78, 5) is 6.48. The Morgan fingerprint density at radius 1 is 1.27 bits per heavy atom. The van der Waals surface area contributed by atoms with E-state index in [0.29, 0.717) is 36.4 Å². The molecule has 166 valence electrons. The van der Waals surface area contributed by atoms with E-state index >= 15 is 0 Å². The Bertz CT molecular complexity index is 1290. The zero-order chi connectivity index (χ0) is 23.8. The Balaban J connectivity index is 2.14. The normalized spacial score (nSPS) is 11.6. The van der Waals surface area contributed by atoms with Crippen LogP contribution >= 0.6 is 0 Å². The minimum atomic E-state index is 0.116. The number of nitrogens with zero attached hydrogens (tertiary/aromatic N) is 3. The van der Waals surface area contributed by atoms with Gasteiger partial charge >= 0.3 is 0 Å². The second-order valence-corrected chi connectivity index (χ2v) is 7.86. The van der Waals surface area contributed by atoms with E-state index in [4.69, 9.17) is 11.2 Å². The maximum absolute atomic E-state index is 10.5. The fraction of sp³-hybridized carbons (Fsp3) is 0.214. The lowest BCUT2D eigenvalue weighted by molar-refractivity contribution is 0.339. The number of aliphatic hydroxyl groups excluding tert-OH is 1. The Kier molecular flexibility index (Phi) is 7.86. The first-order chi connectivity index (χ1) is 15.9. The molecular formula is C28H27N3O2. The summed E-state index contributed by atoms with van der Waals surface area (Å²) in [5, 5.41) is 21.0. The van der Waals surface area contributed by atoms with Crippen LogP contribution in [0, 0.1) is 23.7 Å². The van der Waals surface area contributed by atoms with Crippen LogP contribution in [0.2, 0.25) is 0 Å². The van der Waals surface area contributed by atoms with Gasteiger partial charge in [0, 0.05) is 35.3 Å². The number of fused-ring (bicyclic) bond motifs is 1. The van der Waals surface area contributed by atoms with Gasteiger partial charge in [-0.05, 0) is 68.9 Å². The number of hydrogen-bond donors (Lipinski definition) is 1. The van der Waals surface area contributed by atoms with Gasteiger partial charge in [0.05, 0.1) is 17.7 Å². The zero-order valence-electron chi connectivity index (χ0n) is 19.2. The molecule has 0 aliphatic carbocycles. The molecule has 0 atom stereocenters. The van der Waals surface area contributed by atoms with Crippen LogP contribution in [-0.2, 0) is 6.42 Å². The molecule has 0 aliphatic heterocycles. The molecule has 5 heteroatoms. The molecule has 1 N–H and O–H groups in total. The summed E-state index contributed by atoms with van der Waals surface area (Å²) < 4.78 is 5.82. The second-order valence-electron chi connectivity index (χ2n) is 7.86. The maximum Gasteiger partial charge on any atom is 0.128 e. The number of likely N-dealkylation sites (N-methyl/N-ethyl adjacent to an activating group) is 1. The van der Waals surface area contributed by atoms with Crippen LogP contribution in [0.3, 0.4) is 0 Å². The highest BCUT2D eigenvalue weighted by atomic mass is 16.5. The van der Waals surface area contributed by atoms with E-state index in [0.717, 1.165) is 27.6 Å². The molecule has 0 saturated carbocycles. The van der Waals surface area contributed by atoms with Gasteiger partial charge in [-0.2, -0.15) is 5.26 Å². The number of aliphatic hydroxyl groups is 1. The Labute approximate surface area is 195 Å². The molecule has 5 nitrogen and oxygen atoms in total. The average molecular weight is 438 g/mol. The number of rotatable bonds is 8. The lowest BCUT2D eigenvalue weighted by Crippen LogP contribution is -2.10. The zero-order valence-corrected chi connectivity index (χ0v) is 19.2. The van der Waals surface area contributed by atoms with E-state index in [-0.39, 0.29) is 5.76 Å². The van der Waals surface area contributed by atoms with Gasteiger partial charge < -0.3 is 14.7 Å². The van der Waals surface area contributed by atoms with Gasteiger partial charge in [-0.3, -0.25) is 4.98 Å². The van der Waals surface area contributed by atoms with Crippen LogP contribution in [0.15, 0.2) is 60.5 Å². The predicted molar refractivity (Wildman–Crippen MR) is 133 cm³/mol. The highest BCUT2D eigenvalue weighted by Crippen LogP contribution is 2.31. The monoisotopic (exact) mass is 437 g/mol. The van der Waals surface area contributed by atoms with Crippen molar-refractivity contribution in [2.45, 2.75) is 13.3 Å². The molecular weight excluding hydrogens is 410 g/mol. The van der Waals surface area contributed by atoms with Gasteiger partial charge in [0.25, 0.3) is 0 Å². The van der Waals surface area contributed by atoms with E-state index in [9.17, 15) is 10.4 Å². The number of benzene rings is 2. The largest absolute Gasteiger partial charge is 0.508 e. The highest BCUT2D eigenvalue weighted by molar-refractivity contribution is 5.89. The van der Waals surface area contributed by atoms with Crippen molar-refractivity contribution in [2.75, 3.05) is 27.2 Å². The summed E-state index contributed by atoms with van der Waals surface area (Å²) in [5.41, 5.74) is 4.60. The predicted octanol–water partition coefficient (Wildman–Crippen LogP) is 5.09. The number of terminal acetylenes is 1. The first-order valence-electron chi connectivity index (χ1n) is 10.7. The number of nitriles is 1. The van der Waals surface area contributed by atoms with Crippen molar-refractivity contribution < 1.29 is 9.84 Å². The SMILES string of the molecule is C#Cc1cccc(Cc2c(C#N)cnc3cc(OCC)c(C=C(O)/C=C/CN(C)C)cc23)c1. The Morgan fingerprint density at radius 3 is 2.79 bits per heavy atom. The third-order valence-corrected chi connectivity index (χ3v) is 5.07. The minimum absolute atomic E-state index is 0.116. The molecule has 0 saturated heterocycles. The average Bonchev–Trinajstić information content (AvgIpc) is 2.80. The van der Waals surface area contributed by atoms with Crippen LogP contribution in [0.25, 0.3) is 17.0 Å². The fourth-order valence-electron chi connectivity index (χ4n) is 3.54. The van der Waals surface area contributed by atoms with Crippen molar-refractivity contribution >= 4 is 17.0 Å². The van der Waals surface area contributed by atoms with Crippen LogP contribution in [0.1, 0.15) is 34.7 Å². The molecule has 1 aromatic heterocycles. The highest BCUT2D eigenvalue weighted by Gasteiger charge is 2.14. The quantitative estimate of drug-likeness (QED) is 0.302. The summed E-state index contributed by atoms with van der Waals surface area (Å²) in [6, 6.07) is 13.8. The molecule has 3 aromatic rings. The van der Waals surface area contributed by atoms with Crippen molar-refractivity contribution in [3.05, 3.63) is 88.3 Å². The summed E-state index contributed by atoms with van der Waals surface area (Å²) in [5.74, 6) is 3.39. The molecule has 0 unspecified atom stereocenters. The molecule has 0 fully saturated rings. The van der Waals surface area contributed by atoms with Crippen molar-refractivity contribution in [1.82, 2.24) is 9.88 Å². The smallest absolute Gasteiger partial charge is 0.128 e. The Hall–Kier alpha value is -4.06. The standard InChI is InChI=1S/C28H27N3O2/c1-5-20-9-7-10-21(13-20)14-25-23(18-29)19-30-27-17-28(33-6-2)22(16-26(25)27)15-24(32)11-8-12-31(3)4/h1,7-11,13,15-17,19,32H,6,12,14H2,2-4H3/b11-8+,24-15?. The lowest BCUT2D eigenvalue weighted by atomic mass is 9.95. The Morgan fingerprint density at radius 2 is 2.09 bits per heavy atom. The molecule has 0 bridgehead atoms. The van der Waals surface area contributed by atoms with E-state index in [2.05, 4.69) is 17.0 Å². The van der Waals surface area contributed by atoms with E-state index in [1.165, 1.54) is 0 Å². The minimum Gasteiger partial charge on any atom is -0.508 e. The maximum atomic E-state index is 10.5. The number of allylic oxidation sites excluding steroid dienone is 1. The number of pyridine rings is 1. The van der Waals surface area contributed by atoms with Gasteiger partial charge in [0.15, 0.2) is 0 Å². The van der Waals surface area contributed by atoms with Crippen molar-refractivity contribution in [1.29, 1.82) is 5.26 Å². The molecule has 0 aliphatic rings. The van der Waals surface area contributed by atoms with Crippen LogP contribution in [0.4, 0.5) is 0 Å². The van der Waals surface area contributed by atoms with Crippen LogP contribution in [0.5, 0.6) is 5.75 Å². The van der Waals surface area contributed by atoms with Gasteiger partial charge in [-0.25, -0.2) is 0 Å². The topological polar surface area (TPSA) is 69.4 Å². The third-order valence-electron chi connectivity index (χ3n) is 5.07. The fourth-order valence-corrected chi connectivity index (χ4v) is 3.54. The van der Waals surface area contributed by atoms with E-state index in [1.807, 2.05) is 68.4 Å². The molecule has 0 amide bonds. The van der Waals surface area contributed by atoms with Gasteiger partial charge in [0.2, 0.25) is 0 Å². The summed E-state index contributed by atoms with van der Waals surface area (Å²) in [7, 11) is 3.92. The molecule has 0 radical (unpaired) electrons. The third kappa shape index (κ3) is 6.01. The molecule has 33 heavy (non-hydrogen) atoms. The van der Waals surface area contributed by atoms with Crippen LogP contribution < -0.4 is 4.74 Å². The van der Waals surface area contributed by atoms with E-state index < -0.39 is 0 Å². The number of hydrogen-bond acceptors (Lipinski definition) is 5. The number of aromatic nitrogens is 1. The molecule has 3 rings (SSSR count). The first kappa shape index (κ1) is 23.6. The number of ether oxygens (including phenoxy) is 1. The lowest BCUT2D eigenvalue weighted by Gasteiger charge is -2.13. The summed E-state index contributed by atoms with van der Waals surface area (Å²) in [6.07, 6.45) is 12.9. The van der Waals surface area contributed by atoms with Gasteiger partial charge in [-0.1, -0.05) is 24.1 Å². The van der Waals surface area contributed by atoms with Crippen molar-refractivity contribution in [3.63, 3.8) is 0 Å². The van der Waals surface area contributed by atoms with E-state index in [1.54, 1.807) is 18.3 Å². The van der Waals surface area contributed by atoms with Crippen molar-refractivity contribution in [2.24, 2.45) is 0 Å². The van der Waals surface area contributed by atoms with Crippen LogP contribution in [-0.4, -0.2) is 42.2 Å². The van der Waals surface area contributed by atoms with Gasteiger partial charge in [0.1, 0.15) is 17.6 Å². The summed E-state index contributed by atoms with van der Waals surface area (Å²) >= 11 is 0.